The minimum atomic E-state index is 0. The molecule has 0 aliphatic heterocycles. The van der Waals surface area contributed by atoms with Gasteiger partial charge in [0.1, 0.15) is 0 Å². The maximum Gasteiger partial charge on any atom is 0 e. The summed E-state index contributed by atoms with van der Waals surface area (Å²) >= 11 is 0. The summed E-state index contributed by atoms with van der Waals surface area (Å²) in [6.45, 7) is 0. The molecule has 0 nitrogen and oxygen atoms in total. The SMILES string of the molecule is [Fe].[Ti].[V].[W]. The average Bonchev–Trinajstić information content (AvgIpc) is 0. The van der Waals surface area contributed by atoms with Gasteiger partial charge in [-0.05, 0) is 0 Å². The molecule has 0 N–H and O–H groups in total. The van der Waals surface area contributed by atoms with E-state index in [0.29, 0.717) is 0 Å². The molecule has 0 aromatic rings. The fraction of sp³-hybridized carbons (Fsp3) is 0. The zero-order valence-corrected chi connectivity index (χ0v) is 8.70. The molecular weight excluding hydrogens is 338 g/mol. The van der Waals surface area contributed by atoms with Gasteiger partial charge >= 0.3 is 0 Å². The maximum atomic E-state index is 0. The first kappa shape index (κ1) is 31.4. The minimum Gasteiger partial charge on any atom is 0 e. The Morgan fingerprint density at radius 1 is 1.00 bits per heavy atom. The van der Waals surface area contributed by atoms with Crippen LogP contribution in [-0.2, 0) is 78.4 Å². The van der Waals surface area contributed by atoms with E-state index in [1.54, 1.807) is 0 Å². The van der Waals surface area contributed by atoms with Crippen molar-refractivity contribution in [3.05, 3.63) is 0 Å². The number of hydrogen-bond acceptors (Lipinski definition) is 0. The molecule has 0 aliphatic carbocycles. The van der Waals surface area contributed by atoms with E-state index in [4.69, 9.17) is 0 Å². The molecule has 0 unspecified atom stereocenters. The van der Waals surface area contributed by atoms with Crippen LogP contribution in [0.15, 0.2) is 0 Å². The quantitative estimate of drug-likeness (QED) is 0.545. The van der Waals surface area contributed by atoms with Crippen LogP contribution in [0.4, 0.5) is 0 Å². The Balaban J connectivity index is 0. The van der Waals surface area contributed by atoms with Crippen LogP contribution in [0.5, 0.6) is 0 Å². The maximum absolute atomic E-state index is 0. The van der Waals surface area contributed by atoms with Gasteiger partial charge in [0, 0.05) is 78.4 Å². The molecule has 23 valence electrons. The number of rotatable bonds is 0. The van der Waals surface area contributed by atoms with E-state index in [2.05, 4.69) is 0 Å². The summed E-state index contributed by atoms with van der Waals surface area (Å²) < 4.78 is 0. The van der Waals surface area contributed by atoms with Crippen LogP contribution < -0.4 is 0 Å². The zero-order chi connectivity index (χ0) is 0. The van der Waals surface area contributed by atoms with Gasteiger partial charge < -0.3 is 0 Å². The molecule has 4 heavy (non-hydrogen) atoms. The van der Waals surface area contributed by atoms with Crippen molar-refractivity contribution in [3.8, 4) is 0 Å². The van der Waals surface area contributed by atoms with Crippen molar-refractivity contribution in [2.45, 2.75) is 0 Å². The predicted octanol–water partition coefficient (Wildman–Crippen LogP) is -0.0100. The van der Waals surface area contributed by atoms with E-state index in [1.807, 2.05) is 0 Å². The Morgan fingerprint density at radius 3 is 1.00 bits per heavy atom. The largest absolute Gasteiger partial charge is 0 e. The Morgan fingerprint density at radius 2 is 1.00 bits per heavy atom. The molecule has 0 rings (SSSR count). The molecule has 4 heteroatoms. The van der Waals surface area contributed by atoms with Gasteiger partial charge in [-0.3, -0.25) is 0 Å². The molecule has 0 saturated heterocycles. The second-order valence-electron chi connectivity index (χ2n) is 0. The molecule has 0 amide bonds. The van der Waals surface area contributed by atoms with Gasteiger partial charge in [-0.25, -0.2) is 0 Å². The zero-order valence-electron chi connectivity index (χ0n) is 1.71. The molecule has 1 radical (unpaired) electrons. The first-order chi connectivity index (χ1) is 0. The first-order valence-corrected chi connectivity index (χ1v) is 0. The van der Waals surface area contributed by atoms with Crippen molar-refractivity contribution >= 4 is 0 Å². The Labute approximate surface area is 77.4 Å². The summed E-state index contributed by atoms with van der Waals surface area (Å²) in [6.07, 6.45) is 0. The molecule has 0 aliphatic rings. The summed E-state index contributed by atoms with van der Waals surface area (Å²) in [7, 11) is 0. The summed E-state index contributed by atoms with van der Waals surface area (Å²) in [5, 5.41) is 0. The average molecular weight is 338 g/mol. The Hall–Kier alpha value is 2.51. The van der Waals surface area contributed by atoms with E-state index < -0.39 is 0 Å². The molecule has 0 bridgehead atoms. The third kappa shape index (κ3) is 8.82. The molecule has 0 spiro atoms. The topological polar surface area (TPSA) is 0 Å². The third-order valence-corrected chi connectivity index (χ3v) is 0. The Bertz CT molecular complexity index is 8.00. The molecule has 0 atom stereocenters. The van der Waals surface area contributed by atoms with Crippen LogP contribution in [0.1, 0.15) is 0 Å². The second kappa shape index (κ2) is 17.8. The van der Waals surface area contributed by atoms with Gasteiger partial charge in [-0.2, -0.15) is 0 Å². The van der Waals surface area contributed by atoms with Crippen molar-refractivity contribution in [3.63, 3.8) is 0 Å². The van der Waals surface area contributed by atoms with E-state index in [9.17, 15) is 0 Å². The summed E-state index contributed by atoms with van der Waals surface area (Å²) in [5.74, 6) is 0. The predicted molar refractivity (Wildman–Crippen MR) is 0 cm³/mol. The molecule has 0 aromatic heterocycles. The van der Waals surface area contributed by atoms with Gasteiger partial charge in [0.25, 0.3) is 0 Å². The molecule has 0 saturated carbocycles. The smallest absolute Gasteiger partial charge is 0 e. The first-order valence-electron chi connectivity index (χ1n) is 0. The Kier molecular flexibility index (Phi) is 140. The van der Waals surface area contributed by atoms with Crippen LogP contribution in [0, 0.1) is 0 Å². The standard InChI is InChI=1S/Fe.Ti.V.W. The van der Waals surface area contributed by atoms with Gasteiger partial charge in [0.2, 0.25) is 0 Å². The summed E-state index contributed by atoms with van der Waals surface area (Å²) in [5.41, 5.74) is 0. The monoisotopic (exact) mass is 339 g/mol. The van der Waals surface area contributed by atoms with Crippen molar-refractivity contribution < 1.29 is 78.4 Å². The minimum absolute atomic E-state index is 0. The van der Waals surface area contributed by atoms with Crippen LogP contribution in [0.25, 0.3) is 0 Å². The van der Waals surface area contributed by atoms with Crippen molar-refractivity contribution in [1.29, 1.82) is 0 Å². The van der Waals surface area contributed by atoms with Crippen molar-refractivity contribution in [2.75, 3.05) is 0 Å². The van der Waals surface area contributed by atoms with Crippen LogP contribution in [0.2, 0.25) is 0 Å². The summed E-state index contributed by atoms with van der Waals surface area (Å²) in [4.78, 5) is 0. The van der Waals surface area contributed by atoms with Crippen LogP contribution in [0.3, 0.4) is 0 Å². The molecule has 0 aromatic carbocycles. The molecule has 0 fully saturated rings. The van der Waals surface area contributed by atoms with Crippen molar-refractivity contribution in [1.82, 2.24) is 0 Å². The van der Waals surface area contributed by atoms with Gasteiger partial charge in [0.15, 0.2) is 0 Å². The van der Waals surface area contributed by atoms with Crippen LogP contribution >= 0.6 is 0 Å². The summed E-state index contributed by atoms with van der Waals surface area (Å²) in [6, 6.07) is 0. The third-order valence-electron chi connectivity index (χ3n) is 0. The van der Waals surface area contributed by atoms with Crippen molar-refractivity contribution in [2.24, 2.45) is 0 Å². The molecular formula is FeTiVW. The van der Waals surface area contributed by atoms with Crippen LogP contribution in [-0.4, -0.2) is 0 Å². The normalized spacial score (nSPS) is 0. The fourth-order valence-electron chi connectivity index (χ4n) is 0. The van der Waals surface area contributed by atoms with Gasteiger partial charge in [-0.1, -0.05) is 0 Å². The van der Waals surface area contributed by atoms with E-state index in [0.717, 1.165) is 0 Å². The molecule has 0 heterocycles. The second-order valence-corrected chi connectivity index (χ2v) is 0. The fourth-order valence-corrected chi connectivity index (χ4v) is 0. The number of hydrogen-bond donors (Lipinski definition) is 0. The van der Waals surface area contributed by atoms with Gasteiger partial charge in [-0.15, -0.1) is 0 Å². The van der Waals surface area contributed by atoms with E-state index in [-0.39, 0.29) is 78.4 Å². The van der Waals surface area contributed by atoms with E-state index >= 15 is 0 Å². The van der Waals surface area contributed by atoms with E-state index in [1.165, 1.54) is 0 Å². The van der Waals surface area contributed by atoms with Gasteiger partial charge in [0.05, 0.1) is 0 Å².